The molecule has 2 aliphatic rings. The average Bonchev–Trinajstić information content (AvgIpc) is 3.25. The highest BCUT2D eigenvalue weighted by Gasteiger charge is 2.39. The van der Waals surface area contributed by atoms with Crippen molar-refractivity contribution >= 4 is 17.2 Å². The molecule has 1 aromatic carbocycles. The zero-order chi connectivity index (χ0) is 15.8. The maximum absolute atomic E-state index is 12.4. The Hall–Kier alpha value is -1.85. The molecule has 4 rings (SSSR count). The summed E-state index contributed by atoms with van der Waals surface area (Å²) < 4.78 is 5.78. The quantitative estimate of drug-likeness (QED) is 0.905. The van der Waals surface area contributed by atoms with Crippen LogP contribution in [0.1, 0.15) is 28.1 Å². The fourth-order valence-electron chi connectivity index (χ4n) is 3.52. The second-order valence-corrected chi connectivity index (χ2v) is 7.67. The molecule has 2 heterocycles. The molecule has 3 unspecified atom stereocenters. The third-order valence-electron chi connectivity index (χ3n) is 4.70. The van der Waals surface area contributed by atoms with E-state index in [0.29, 0.717) is 11.6 Å². The van der Waals surface area contributed by atoms with E-state index in [-0.39, 0.29) is 11.9 Å². The molecule has 0 radical (unpaired) electrons. The molecule has 1 amide bonds. The van der Waals surface area contributed by atoms with Crippen molar-refractivity contribution < 1.29 is 9.53 Å². The maximum atomic E-state index is 12.4. The fourth-order valence-corrected chi connectivity index (χ4v) is 4.25. The Bertz CT molecular complexity index is 710. The van der Waals surface area contributed by atoms with Gasteiger partial charge in [-0.2, -0.15) is 0 Å². The Labute approximate surface area is 139 Å². The number of piperidine rings is 1. The second kappa shape index (κ2) is 5.98. The van der Waals surface area contributed by atoms with Gasteiger partial charge in [-0.3, -0.25) is 4.79 Å². The lowest BCUT2D eigenvalue weighted by Gasteiger charge is -2.24. The van der Waals surface area contributed by atoms with Gasteiger partial charge in [0.2, 0.25) is 0 Å². The van der Waals surface area contributed by atoms with E-state index in [9.17, 15) is 4.79 Å². The number of aryl methyl sites for hydroxylation is 1. The van der Waals surface area contributed by atoms with Gasteiger partial charge in [0.1, 0.15) is 5.75 Å². The van der Waals surface area contributed by atoms with Crippen LogP contribution >= 0.6 is 11.3 Å². The minimum atomic E-state index is 0.00266. The van der Waals surface area contributed by atoms with E-state index in [0.717, 1.165) is 29.7 Å². The lowest BCUT2D eigenvalue weighted by atomic mass is 10.1. The molecule has 2 fully saturated rings. The van der Waals surface area contributed by atoms with Crippen LogP contribution in [0.2, 0.25) is 0 Å². The molecule has 5 heteroatoms. The number of fused-ring (bicyclic) bond motifs is 2. The van der Waals surface area contributed by atoms with E-state index in [4.69, 9.17) is 4.74 Å². The molecule has 4 nitrogen and oxygen atoms in total. The van der Waals surface area contributed by atoms with Crippen LogP contribution in [0.4, 0.5) is 0 Å². The Balaban J connectivity index is 1.38. The van der Waals surface area contributed by atoms with E-state index in [1.54, 1.807) is 11.3 Å². The highest BCUT2D eigenvalue weighted by Crippen LogP contribution is 2.31. The molecular formula is C18H20N2O2S. The van der Waals surface area contributed by atoms with Gasteiger partial charge in [-0.1, -0.05) is 0 Å². The first-order valence-electron chi connectivity index (χ1n) is 8.06. The summed E-state index contributed by atoms with van der Waals surface area (Å²) in [4.78, 5) is 13.6. The van der Waals surface area contributed by atoms with E-state index < -0.39 is 0 Å². The molecule has 1 saturated heterocycles. The minimum Gasteiger partial charge on any atom is -0.447 e. The Morgan fingerprint density at radius 1 is 1.22 bits per heavy atom. The molecule has 1 aromatic heterocycles. The molecule has 0 spiro atoms. The number of rotatable bonds is 4. The first-order chi connectivity index (χ1) is 11.2. The summed E-state index contributed by atoms with van der Waals surface area (Å²) in [5, 5.41) is 7.49. The Morgan fingerprint density at radius 2 is 2.04 bits per heavy atom. The number of ether oxygens (including phenoxy) is 1. The summed E-state index contributed by atoms with van der Waals surface area (Å²) in [6.07, 6.45) is 2.29. The maximum Gasteiger partial charge on any atom is 0.251 e. The van der Waals surface area contributed by atoms with Gasteiger partial charge >= 0.3 is 0 Å². The number of carbonyl (C=O) groups is 1. The van der Waals surface area contributed by atoms with Crippen molar-refractivity contribution in [2.24, 2.45) is 5.92 Å². The first-order valence-corrected chi connectivity index (χ1v) is 8.87. The minimum absolute atomic E-state index is 0.00266. The third kappa shape index (κ3) is 3.12. The van der Waals surface area contributed by atoms with Crippen LogP contribution < -0.4 is 15.4 Å². The van der Waals surface area contributed by atoms with Gasteiger partial charge in [-0.05, 0) is 68.6 Å². The van der Waals surface area contributed by atoms with Crippen molar-refractivity contribution in [1.82, 2.24) is 10.6 Å². The van der Waals surface area contributed by atoms with Gasteiger partial charge in [0.25, 0.3) is 5.91 Å². The number of hydrogen-bond donors (Lipinski definition) is 2. The van der Waals surface area contributed by atoms with Crippen LogP contribution in [0.5, 0.6) is 10.8 Å². The van der Waals surface area contributed by atoms with Crippen LogP contribution in [-0.2, 0) is 0 Å². The summed E-state index contributed by atoms with van der Waals surface area (Å²) in [5.41, 5.74) is 0.683. The predicted molar refractivity (Wildman–Crippen MR) is 91.3 cm³/mol. The molecule has 2 bridgehead atoms. The monoisotopic (exact) mass is 328 g/mol. The molecule has 120 valence electrons. The lowest BCUT2D eigenvalue weighted by molar-refractivity contribution is 0.0928. The fraction of sp³-hybridized carbons (Fsp3) is 0.389. The number of thiophene rings is 1. The van der Waals surface area contributed by atoms with Crippen molar-refractivity contribution in [1.29, 1.82) is 0 Å². The zero-order valence-corrected chi connectivity index (χ0v) is 13.9. The first kappa shape index (κ1) is 14.7. The average molecular weight is 328 g/mol. The van der Waals surface area contributed by atoms with Gasteiger partial charge in [0.05, 0.1) is 0 Å². The van der Waals surface area contributed by atoms with Crippen molar-refractivity contribution in [3.63, 3.8) is 0 Å². The summed E-state index contributed by atoms with van der Waals surface area (Å²) in [5.74, 6) is 1.49. The molecule has 1 saturated carbocycles. The van der Waals surface area contributed by atoms with E-state index in [2.05, 4.69) is 17.6 Å². The summed E-state index contributed by atoms with van der Waals surface area (Å²) in [6.45, 7) is 3.15. The molecule has 2 N–H and O–H groups in total. The molecule has 3 atom stereocenters. The number of hydrogen-bond acceptors (Lipinski definition) is 4. The summed E-state index contributed by atoms with van der Waals surface area (Å²) in [7, 11) is 0. The SMILES string of the molecule is Cc1ccc(Oc2ccc(C(=O)NC3CC4CNC3C4)cc2)s1. The van der Waals surface area contributed by atoms with Crippen molar-refractivity contribution in [2.45, 2.75) is 31.8 Å². The molecule has 2 aromatic rings. The highest BCUT2D eigenvalue weighted by molar-refractivity contribution is 7.13. The van der Waals surface area contributed by atoms with E-state index >= 15 is 0 Å². The largest absolute Gasteiger partial charge is 0.447 e. The van der Waals surface area contributed by atoms with Crippen LogP contribution in [0.3, 0.4) is 0 Å². The number of nitrogens with one attached hydrogen (secondary N) is 2. The van der Waals surface area contributed by atoms with Gasteiger partial charge in [0, 0.05) is 22.5 Å². The number of benzene rings is 1. The van der Waals surface area contributed by atoms with Crippen molar-refractivity contribution in [2.75, 3.05) is 6.54 Å². The molecular weight excluding hydrogens is 308 g/mol. The molecule has 23 heavy (non-hydrogen) atoms. The Kier molecular flexibility index (Phi) is 3.83. The van der Waals surface area contributed by atoms with Crippen LogP contribution in [0.25, 0.3) is 0 Å². The molecule has 1 aliphatic carbocycles. The highest BCUT2D eigenvalue weighted by atomic mass is 32.1. The van der Waals surface area contributed by atoms with Crippen LogP contribution in [-0.4, -0.2) is 24.5 Å². The zero-order valence-electron chi connectivity index (χ0n) is 13.0. The topological polar surface area (TPSA) is 50.4 Å². The van der Waals surface area contributed by atoms with Crippen LogP contribution in [0, 0.1) is 12.8 Å². The van der Waals surface area contributed by atoms with Gasteiger partial charge in [-0.25, -0.2) is 0 Å². The van der Waals surface area contributed by atoms with E-state index in [1.165, 1.54) is 11.3 Å². The Morgan fingerprint density at radius 3 is 2.65 bits per heavy atom. The van der Waals surface area contributed by atoms with Gasteiger partial charge < -0.3 is 15.4 Å². The van der Waals surface area contributed by atoms with Crippen molar-refractivity contribution in [3.05, 3.63) is 46.8 Å². The standard InChI is InChI=1S/C18H20N2O2S/c1-11-2-7-17(23-11)22-14-5-3-13(4-6-14)18(21)20-16-9-12-8-15(16)19-10-12/h2-7,12,15-16,19H,8-10H2,1H3,(H,20,21). The van der Waals surface area contributed by atoms with Crippen LogP contribution in [0.15, 0.2) is 36.4 Å². The molecule has 1 aliphatic heterocycles. The summed E-state index contributed by atoms with van der Waals surface area (Å²) in [6, 6.07) is 12.1. The van der Waals surface area contributed by atoms with Gasteiger partial charge in [-0.15, -0.1) is 11.3 Å². The van der Waals surface area contributed by atoms with E-state index in [1.807, 2.05) is 36.4 Å². The smallest absolute Gasteiger partial charge is 0.251 e. The second-order valence-electron chi connectivity index (χ2n) is 6.42. The van der Waals surface area contributed by atoms with Gasteiger partial charge in [0.15, 0.2) is 5.06 Å². The summed E-state index contributed by atoms with van der Waals surface area (Å²) >= 11 is 1.61. The number of carbonyl (C=O) groups excluding carboxylic acids is 1. The van der Waals surface area contributed by atoms with Crippen molar-refractivity contribution in [3.8, 4) is 10.8 Å². The lowest BCUT2D eigenvalue weighted by Crippen LogP contribution is -2.47. The predicted octanol–water partition coefficient (Wildman–Crippen LogP) is 3.33. The third-order valence-corrected chi connectivity index (χ3v) is 5.57. The number of amides is 1. The normalized spacial score (nSPS) is 25.5.